The van der Waals surface area contributed by atoms with Crippen LogP contribution >= 0.6 is 12.4 Å². The van der Waals surface area contributed by atoms with Gasteiger partial charge in [-0.25, -0.2) is 0 Å². The Labute approximate surface area is 142 Å². The summed E-state index contributed by atoms with van der Waals surface area (Å²) in [4.78, 5) is 14.0. The summed E-state index contributed by atoms with van der Waals surface area (Å²) in [7, 11) is 4.69. The predicted octanol–water partition coefficient (Wildman–Crippen LogP) is 1.58. The third-order valence-corrected chi connectivity index (χ3v) is 3.53. The fourth-order valence-electron chi connectivity index (χ4n) is 2.36. The molecular weight excluding hydrogens is 320 g/mol. The molecule has 0 atom stereocenters. The SMILES string of the molecule is COc1cc(/C=C/C(=O)N2CCNCC2)cc(OC)c1OC.Cl. The molecular formula is C16H23ClN2O4. The molecule has 1 fully saturated rings. The van der Waals surface area contributed by atoms with Gasteiger partial charge in [-0.1, -0.05) is 0 Å². The van der Waals surface area contributed by atoms with Crippen molar-refractivity contribution in [3.8, 4) is 17.2 Å². The van der Waals surface area contributed by atoms with Gasteiger partial charge < -0.3 is 24.4 Å². The third-order valence-electron chi connectivity index (χ3n) is 3.53. The molecule has 0 bridgehead atoms. The smallest absolute Gasteiger partial charge is 0.246 e. The first-order chi connectivity index (χ1) is 10.7. The van der Waals surface area contributed by atoms with Crippen molar-refractivity contribution < 1.29 is 19.0 Å². The van der Waals surface area contributed by atoms with Crippen molar-refractivity contribution in [3.05, 3.63) is 23.8 Å². The van der Waals surface area contributed by atoms with Crippen molar-refractivity contribution in [1.29, 1.82) is 0 Å². The first kappa shape index (κ1) is 19.1. The summed E-state index contributed by atoms with van der Waals surface area (Å²) in [6.45, 7) is 3.14. The Bertz CT molecular complexity index is 532. The molecule has 2 rings (SSSR count). The molecule has 0 unspecified atom stereocenters. The second kappa shape index (κ2) is 9.27. The number of carbonyl (C=O) groups is 1. The Hall–Kier alpha value is -1.92. The summed E-state index contributed by atoms with van der Waals surface area (Å²) in [6, 6.07) is 3.62. The summed E-state index contributed by atoms with van der Waals surface area (Å²) < 4.78 is 15.9. The molecule has 1 amide bonds. The van der Waals surface area contributed by atoms with Gasteiger partial charge in [0.15, 0.2) is 11.5 Å². The zero-order valence-electron chi connectivity index (χ0n) is 13.6. The van der Waals surface area contributed by atoms with Gasteiger partial charge in [0.05, 0.1) is 21.3 Å². The zero-order chi connectivity index (χ0) is 15.9. The van der Waals surface area contributed by atoms with E-state index in [1.807, 2.05) is 17.0 Å². The average Bonchev–Trinajstić information content (AvgIpc) is 2.59. The van der Waals surface area contributed by atoms with E-state index in [0.717, 1.165) is 31.7 Å². The Morgan fingerprint density at radius 2 is 1.65 bits per heavy atom. The van der Waals surface area contributed by atoms with E-state index in [4.69, 9.17) is 14.2 Å². The van der Waals surface area contributed by atoms with Gasteiger partial charge in [-0.15, -0.1) is 12.4 Å². The molecule has 1 aromatic rings. The summed E-state index contributed by atoms with van der Waals surface area (Å²) in [5.41, 5.74) is 0.818. The number of piperazine rings is 1. The zero-order valence-corrected chi connectivity index (χ0v) is 14.4. The van der Waals surface area contributed by atoms with E-state index < -0.39 is 0 Å². The molecule has 0 saturated carbocycles. The second-order valence-electron chi connectivity index (χ2n) is 4.87. The van der Waals surface area contributed by atoms with Crippen LogP contribution in [0, 0.1) is 0 Å². The molecule has 1 N–H and O–H groups in total. The molecule has 7 heteroatoms. The van der Waals surface area contributed by atoms with Crippen molar-refractivity contribution in [3.63, 3.8) is 0 Å². The maximum atomic E-state index is 12.1. The number of methoxy groups -OCH3 is 3. The van der Waals surface area contributed by atoms with Crippen molar-refractivity contribution >= 4 is 24.4 Å². The maximum absolute atomic E-state index is 12.1. The van der Waals surface area contributed by atoms with Gasteiger partial charge in [-0.3, -0.25) is 4.79 Å². The molecule has 0 spiro atoms. The number of hydrogen-bond donors (Lipinski definition) is 1. The molecule has 128 valence electrons. The summed E-state index contributed by atoms with van der Waals surface area (Å²) in [5.74, 6) is 1.68. The van der Waals surface area contributed by atoms with E-state index >= 15 is 0 Å². The second-order valence-corrected chi connectivity index (χ2v) is 4.87. The number of ether oxygens (including phenoxy) is 3. The fraction of sp³-hybridized carbons (Fsp3) is 0.438. The lowest BCUT2D eigenvalue weighted by atomic mass is 10.1. The molecule has 1 aliphatic heterocycles. The van der Waals surface area contributed by atoms with E-state index in [9.17, 15) is 4.79 Å². The van der Waals surface area contributed by atoms with Crippen molar-refractivity contribution in [1.82, 2.24) is 10.2 Å². The number of halogens is 1. The fourth-order valence-corrected chi connectivity index (χ4v) is 2.36. The number of nitrogens with one attached hydrogen (secondary N) is 1. The molecule has 1 heterocycles. The summed E-state index contributed by atoms with van der Waals surface area (Å²) in [6.07, 6.45) is 3.33. The maximum Gasteiger partial charge on any atom is 0.246 e. The number of amides is 1. The Morgan fingerprint density at radius 3 is 2.13 bits per heavy atom. The molecule has 0 aliphatic carbocycles. The Kier molecular flexibility index (Phi) is 7.71. The topological polar surface area (TPSA) is 60.0 Å². The number of hydrogen-bond acceptors (Lipinski definition) is 5. The first-order valence-electron chi connectivity index (χ1n) is 7.17. The van der Waals surface area contributed by atoms with Crippen LogP contribution in [0.4, 0.5) is 0 Å². The minimum atomic E-state index is 0. The standard InChI is InChI=1S/C16H22N2O4.ClH/c1-20-13-10-12(11-14(21-2)16(13)22-3)4-5-15(19)18-8-6-17-7-9-18;/h4-5,10-11,17H,6-9H2,1-3H3;1H/b5-4+;. The normalized spacial score (nSPS) is 14.3. The number of rotatable bonds is 5. The highest BCUT2D eigenvalue weighted by Crippen LogP contribution is 2.38. The highest BCUT2D eigenvalue weighted by Gasteiger charge is 2.14. The monoisotopic (exact) mass is 342 g/mol. The van der Waals surface area contributed by atoms with Crippen LogP contribution in [0.2, 0.25) is 0 Å². The number of carbonyl (C=O) groups excluding carboxylic acids is 1. The van der Waals surface area contributed by atoms with Gasteiger partial charge in [0.1, 0.15) is 0 Å². The van der Waals surface area contributed by atoms with Crippen molar-refractivity contribution in [2.45, 2.75) is 0 Å². The highest BCUT2D eigenvalue weighted by molar-refractivity contribution is 5.92. The first-order valence-corrected chi connectivity index (χ1v) is 7.17. The predicted molar refractivity (Wildman–Crippen MR) is 91.8 cm³/mol. The lowest BCUT2D eigenvalue weighted by Gasteiger charge is -2.26. The Morgan fingerprint density at radius 1 is 1.09 bits per heavy atom. The van der Waals surface area contributed by atoms with Crippen LogP contribution in [0.3, 0.4) is 0 Å². The van der Waals surface area contributed by atoms with Crippen LogP contribution in [-0.4, -0.2) is 58.3 Å². The summed E-state index contributed by atoms with van der Waals surface area (Å²) >= 11 is 0. The van der Waals surface area contributed by atoms with Crippen molar-refractivity contribution in [2.24, 2.45) is 0 Å². The lowest BCUT2D eigenvalue weighted by molar-refractivity contribution is -0.126. The molecule has 1 saturated heterocycles. The minimum absolute atomic E-state index is 0. The van der Waals surface area contributed by atoms with E-state index in [1.165, 1.54) is 0 Å². The summed E-state index contributed by atoms with van der Waals surface area (Å²) in [5, 5.41) is 3.22. The largest absolute Gasteiger partial charge is 0.493 e. The quantitative estimate of drug-likeness (QED) is 0.823. The van der Waals surface area contributed by atoms with Gasteiger partial charge in [0.25, 0.3) is 0 Å². The van der Waals surface area contributed by atoms with E-state index in [1.54, 1.807) is 33.5 Å². The van der Waals surface area contributed by atoms with E-state index in [2.05, 4.69) is 5.32 Å². The van der Waals surface area contributed by atoms with Crippen LogP contribution in [0.25, 0.3) is 6.08 Å². The van der Waals surface area contributed by atoms with Crippen LogP contribution in [0.15, 0.2) is 18.2 Å². The molecule has 1 aliphatic rings. The number of nitrogens with zero attached hydrogens (tertiary/aromatic N) is 1. The molecule has 0 aromatic heterocycles. The molecule has 6 nitrogen and oxygen atoms in total. The lowest BCUT2D eigenvalue weighted by Crippen LogP contribution is -2.45. The molecule has 23 heavy (non-hydrogen) atoms. The van der Waals surface area contributed by atoms with Gasteiger partial charge in [-0.2, -0.15) is 0 Å². The van der Waals surface area contributed by atoms with E-state index in [-0.39, 0.29) is 18.3 Å². The number of benzene rings is 1. The van der Waals surface area contributed by atoms with Crippen LogP contribution in [0.5, 0.6) is 17.2 Å². The molecule has 1 aromatic carbocycles. The van der Waals surface area contributed by atoms with Gasteiger partial charge in [0, 0.05) is 32.3 Å². The van der Waals surface area contributed by atoms with E-state index in [0.29, 0.717) is 17.2 Å². The highest BCUT2D eigenvalue weighted by atomic mass is 35.5. The average molecular weight is 343 g/mol. The molecule has 0 radical (unpaired) electrons. The van der Waals surface area contributed by atoms with Gasteiger partial charge >= 0.3 is 0 Å². The minimum Gasteiger partial charge on any atom is -0.493 e. The van der Waals surface area contributed by atoms with Crippen LogP contribution < -0.4 is 19.5 Å². The van der Waals surface area contributed by atoms with Gasteiger partial charge in [0.2, 0.25) is 11.7 Å². The Balaban J connectivity index is 0.00000264. The third kappa shape index (κ3) is 4.77. The van der Waals surface area contributed by atoms with Crippen LogP contribution in [-0.2, 0) is 4.79 Å². The van der Waals surface area contributed by atoms with Crippen LogP contribution in [0.1, 0.15) is 5.56 Å². The van der Waals surface area contributed by atoms with Gasteiger partial charge in [-0.05, 0) is 23.8 Å². The van der Waals surface area contributed by atoms with Crippen molar-refractivity contribution in [2.75, 3.05) is 47.5 Å².